The molecule has 96 valence electrons. The zero-order chi connectivity index (χ0) is 13.6. The van der Waals surface area contributed by atoms with Gasteiger partial charge in [-0.2, -0.15) is 0 Å². The van der Waals surface area contributed by atoms with E-state index in [0.29, 0.717) is 11.3 Å². The molecule has 0 spiro atoms. The molecule has 0 bridgehead atoms. The Bertz CT molecular complexity index is 689. The van der Waals surface area contributed by atoms with Gasteiger partial charge in [0.15, 0.2) is 5.60 Å². The van der Waals surface area contributed by atoms with Crippen LogP contribution in [0, 0.1) is 5.82 Å². The highest BCUT2D eigenvalue weighted by Gasteiger charge is 2.48. The molecule has 0 fully saturated rings. The third-order valence-corrected chi connectivity index (χ3v) is 3.85. The second-order valence-corrected chi connectivity index (χ2v) is 5.17. The summed E-state index contributed by atoms with van der Waals surface area (Å²) < 4.78 is 14.4. The summed E-state index contributed by atoms with van der Waals surface area (Å²) in [4.78, 5) is 12.1. The number of halogens is 2. The molecule has 1 heterocycles. The number of fused-ring (bicyclic) bond motifs is 1. The summed E-state index contributed by atoms with van der Waals surface area (Å²) in [5.74, 6) is -1.29. The van der Waals surface area contributed by atoms with Gasteiger partial charge in [0.1, 0.15) is 5.82 Å². The summed E-state index contributed by atoms with van der Waals surface area (Å²) in [7, 11) is 0. The maximum atomic E-state index is 14.2. The van der Waals surface area contributed by atoms with E-state index >= 15 is 0 Å². The second kappa shape index (κ2) is 4.15. The molecule has 2 N–H and O–H groups in total. The van der Waals surface area contributed by atoms with Crippen LogP contribution in [0.4, 0.5) is 10.1 Å². The summed E-state index contributed by atoms with van der Waals surface area (Å²) in [6.07, 6.45) is 0. The SMILES string of the molecule is O=C1Nc2ccccc2C1(O)c1cccc(Br)c1F. The van der Waals surface area contributed by atoms with Crippen LogP contribution in [0.2, 0.25) is 0 Å². The molecule has 1 unspecified atom stereocenters. The van der Waals surface area contributed by atoms with E-state index in [2.05, 4.69) is 21.2 Å². The summed E-state index contributed by atoms with van der Waals surface area (Å²) in [5.41, 5.74) is -1.21. The number of anilines is 1. The van der Waals surface area contributed by atoms with E-state index < -0.39 is 17.3 Å². The van der Waals surface area contributed by atoms with Gasteiger partial charge in [0.05, 0.1) is 4.47 Å². The molecule has 0 saturated heterocycles. The van der Waals surface area contributed by atoms with Crippen molar-refractivity contribution in [3.8, 4) is 0 Å². The quantitative estimate of drug-likeness (QED) is 0.848. The van der Waals surface area contributed by atoms with E-state index in [1.807, 2.05) is 0 Å². The fraction of sp³-hybridized carbons (Fsp3) is 0.0714. The van der Waals surface area contributed by atoms with Crippen molar-refractivity contribution in [3.63, 3.8) is 0 Å². The third-order valence-electron chi connectivity index (χ3n) is 3.24. The Morgan fingerprint density at radius 1 is 1.11 bits per heavy atom. The molecular formula is C14H9BrFNO2. The molecule has 3 rings (SSSR count). The van der Waals surface area contributed by atoms with Gasteiger partial charge in [0.2, 0.25) is 0 Å². The lowest BCUT2D eigenvalue weighted by atomic mass is 9.87. The van der Waals surface area contributed by atoms with Crippen molar-refractivity contribution in [1.82, 2.24) is 0 Å². The van der Waals surface area contributed by atoms with Crippen molar-refractivity contribution in [1.29, 1.82) is 0 Å². The first-order valence-corrected chi connectivity index (χ1v) is 6.42. The maximum Gasteiger partial charge on any atom is 0.265 e. The van der Waals surface area contributed by atoms with Gasteiger partial charge in [0.25, 0.3) is 5.91 Å². The Hall–Kier alpha value is -1.72. The fourth-order valence-electron chi connectivity index (χ4n) is 2.29. The Kier molecular flexibility index (Phi) is 2.69. The molecule has 1 atom stereocenters. The van der Waals surface area contributed by atoms with Crippen LogP contribution in [0.15, 0.2) is 46.9 Å². The van der Waals surface area contributed by atoms with E-state index in [9.17, 15) is 14.3 Å². The summed E-state index contributed by atoms with van der Waals surface area (Å²) in [6, 6.07) is 11.2. The Balaban J connectivity index is 2.29. The fourth-order valence-corrected chi connectivity index (χ4v) is 2.66. The number of hydrogen-bond donors (Lipinski definition) is 2. The lowest BCUT2D eigenvalue weighted by Crippen LogP contribution is -2.36. The number of carbonyl (C=O) groups excluding carboxylic acids is 1. The number of para-hydroxylation sites is 1. The zero-order valence-corrected chi connectivity index (χ0v) is 11.2. The third kappa shape index (κ3) is 1.62. The number of benzene rings is 2. The van der Waals surface area contributed by atoms with Crippen molar-refractivity contribution in [2.24, 2.45) is 0 Å². The molecule has 2 aromatic rings. The smallest absolute Gasteiger partial charge is 0.265 e. The van der Waals surface area contributed by atoms with E-state index in [-0.39, 0.29) is 10.0 Å². The minimum Gasteiger partial charge on any atom is -0.372 e. The molecular weight excluding hydrogens is 313 g/mol. The molecule has 2 aromatic carbocycles. The van der Waals surface area contributed by atoms with Crippen molar-refractivity contribution in [3.05, 3.63) is 63.9 Å². The topological polar surface area (TPSA) is 49.3 Å². The number of carbonyl (C=O) groups is 1. The monoisotopic (exact) mass is 321 g/mol. The van der Waals surface area contributed by atoms with Crippen LogP contribution in [0.3, 0.4) is 0 Å². The normalized spacial score (nSPS) is 21.1. The first-order chi connectivity index (χ1) is 9.05. The molecule has 1 aliphatic rings. The van der Waals surface area contributed by atoms with Crippen LogP contribution >= 0.6 is 15.9 Å². The van der Waals surface area contributed by atoms with Crippen molar-refractivity contribution in [2.75, 3.05) is 5.32 Å². The molecule has 5 heteroatoms. The van der Waals surface area contributed by atoms with Crippen LogP contribution in [-0.2, 0) is 10.4 Å². The predicted molar refractivity (Wildman–Crippen MR) is 72.2 cm³/mol. The molecule has 3 nitrogen and oxygen atoms in total. The van der Waals surface area contributed by atoms with E-state index in [1.54, 1.807) is 30.3 Å². The molecule has 0 aromatic heterocycles. The highest BCUT2D eigenvalue weighted by Crippen LogP contribution is 2.42. The average molecular weight is 322 g/mol. The van der Waals surface area contributed by atoms with Gasteiger partial charge in [-0.25, -0.2) is 4.39 Å². The van der Waals surface area contributed by atoms with E-state index in [4.69, 9.17) is 0 Å². The number of amides is 1. The standard InChI is InChI=1S/C14H9BrFNO2/c15-10-6-3-5-9(12(10)16)14(19)8-4-1-2-7-11(8)17-13(14)18/h1-7,19H,(H,17,18). The Morgan fingerprint density at radius 3 is 2.58 bits per heavy atom. The van der Waals surface area contributed by atoms with Crippen LogP contribution < -0.4 is 5.32 Å². The van der Waals surface area contributed by atoms with Crippen LogP contribution in [0.5, 0.6) is 0 Å². The number of nitrogens with one attached hydrogen (secondary N) is 1. The number of rotatable bonds is 1. The summed E-state index contributed by atoms with van der Waals surface area (Å²) in [5, 5.41) is 13.3. The Morgan fingerprint density at radius 2 is 1.79 bits per heavy atom. The van der Waals surface area contributed by atoms with Crippen LogP contribution in [0.25, 0.3) is 0 Å². The predicted octanol–water partition coefficient (Wildman–Crippen LogP) is 2.78. The largest absolute Gasteiger partial charge is 0.372 e. The lowest BCUT2D eigenvalue weighted by Gasteiger charge is -2.22. The van der Waals surface area contributed by atoms with Gasteiger partial charge < -0.3 is 10.4 Å². The van der Waals surface area contributed by atoms with E-state index in [1.165, 1.54) is 12.1 Å². The lowest BCUT2D eigenvalue weighted by molar-refractivity contribution is -0.129. The molecule has 0 aliphatic carbocycles. The number of hydrogen-bond acceptors (Lipinski definition) is 2. The van der Waals surface area contributed by atoms with Gasteiger partial charge in [-0.1, -0.05) is 30.3 Å². The first kappa shape index (κ1) is 12.3. The van der Waals surface area contributed by atoms with Crippen molar-refractivity contribution >= 4 is 27.5 Å². The highest BCUT2D eigenvalue weighted by molar-refractivity contribution is 9.10. The van der Waals surface area contributed by atoms with E-state index in [0.717, 1.165) is 0 Å². The molecule has 19 heavy (non-hydrogen) atoms. The van der Waals surface area contributed by atoms with Gasteiger partial charge in [0, 0.05) is 16.8 Å². The van der Waals surface area contributed by atoms with Crippen LogP contribution in [0.1, 0.15) is 11.1 Å². The average Bonchev–Trinajstić information content (AvgIpc) is 2.66. The maximum absolute atomic E-state index is 14.2. The molecule has 1 amide bonds. The minimum absolute atomic E-state index is 0.0654. The van der Waals surface area contributed by atoms with Gasteiger partial charge in [-0.3, -0.25) is 4.79 Å². The van der Waals surface area contributed by atoms with Gasteiger partial charge >= 0.3 is 0 Å². The summed E-state index contributed by atoms with van der Waals surface area (Å²) in [6.45, 7) is 0. The molecule has 0 radical (unpaired) electrons. The van der Waals surface area contributed by atoms with Crippen LogP contribution in [-0.4, -0.2) is 11.0 Å². The first-order valence-electron chi connectivity index (χ1n) is 5.63. The summed E-state index contributed by atoms with van der Waals surface area (Å²) >= 11 is 3.06. The van der Waals surface area contributed by atoms with Crippen molar-refractivity contribution in [2.45, 2.75) is 5.60 Å². The zero-order valence-electron chi connectivity index (χ0n) is 9.65. The molecule has 0 saturated carbocycles. The van der Waals surface area contributed by atoms with Gasteiger partial charge in [-0.15, -0.1) is 0 Å². The molecule has 1 aliphatic heterocycles. The Labute approximate surface area is 117 Å². The van der Waals surface area contributed by atoms with Crippen molar-refractivity contribution < 1.29 is 14.3 Å². The highest BCUT2D eigenvalue weighted by atomic mass is 79.9. The van der Waals surface area contributed by atoms with Gasteiger partial charge in [-0.05, 0) is 28.1 Å². The second-order valence-electron chi connectivity index (χ2n) is 4.31. The number of aliphatic hydroxyl groups is 1. The minimum atomic E-state index is -2.00.